The normalized spacial score (nSPS) is 16.2. The summed E-state index contributed by atoms with van der Waals surface area (Å²) in [7, 11) is 0. The third kappa shape index (κ3) is 5.41. The number of hydrogen-bond acceptors (Lipinski definition) is 4. The average molecular weight is 383 g/mol. The Morgan fingerprint density at radius 2 is 1.89 bits per heavy atom. The van der Waals surface area contributed by atoms with Crippen LogP contribution in [0.2, 0.25) is 0 Å². The molecule has 150 valence electrons. The van der Waals surface area contributed by atoms with Crippen LogP contribution in [0.3, 0.4) is 0 Å². The Morgan fingerprint density at radius 1 is 1.18 bits per heavy atom. The molecule has 2 aromatic rings. The van der Waals surface area contributed by atoms with Gasteiger partial charge in [0.2, 0.25) is 11.8 Å². The van der Waals surface area contributed by atoms with Gasteiger partial charge in [0.25, 0.3) is 0 Å². The fraction of sp³-hybridized carbons (Fsp3) is 0.524. The molecule has 0 radical (unpaired) electrons. The maximum absolute atomic E-state index is 13.2. The van der Waals surface area contributed by atoms with E-state index in [0.717, 1.165) is 24.9 Å². The third-order valence-electron chi connectivity index (χ3n) is 5.12. The minimum Gasteiger partial charge on any atom is -0.341 e. The molecule has 1 aromatic heterocycles. The van der Waals surface area contributed by atoms with Crippen molar-refractivity contribution in [3.05, 3.63) is 48.3 Å². The van der Waals surface area contributed by atoms with Gasteiger partial charge in [-0.3, -0.25) is 14.3 Å². The first kappa shape index (κ1) is 20.0. The van der Waals surface area contributed by atoms with E-state index in [1.165, 1.54) is 0 Å². The summed E-state index contributed by atoms with van der Waals surface area (Å²) in [6.07, 6.45) is 5.81. The van der Waals surface area contributed by atoms with Crippen LogP contribution in [0, 0.1) is 11.8 Å². The molecule has 1 fully saturated rings. The summed E-state index contributed by atoms with van der Waals surface area (Å²) in [5.41, 5.74) is 0.828. The Morgan fingerprint density at radius 3 is 2.50 bits per heavy atom. The van der Waals surface area contributed by atoms with Crippen molar-refractivity contribution in [3.8, 4) is 0 Å². The number of aromatic nitrogens is 3. The van der Waals surface area contributed by atoms with Gasteiger partial charge in [0, 0.05) is 32.3 Å². The molecule has 28 heavy (non-hydrogen) atoms. The van der Waals surface area contributed by atoms with Gasteiger partial charge in [-0.25, -0.2) is 0 Å². The van der Waals surface area contributed by atoms with Gasteiger partial charge in [0.1, 0.15) is 6.04 Å². The molecule has 1 saturated heterocycles. The standard InChI is InChI=1S/C21H29N5O2/c1-16(2)14-19(27)23-20(18-6-4-3-5-7-18)21(28)25-11-8-17(9-12-25)15-26-13-10-22-24-26/h3-7,10,13,16-17,20H,8-9,11-12,14-15H2,1-2H3,(H,23,27). The van der Waals surface area contributed by atoms with E-state index in [4.69, 9.17) is 0 Å². The monoisotopic (exact) mass is 383 g/mol. The number of benzene rings is 1. The van der Waals surface area contributed by atoms with E-state index in [1.807, 2.05) is 60.0 Å². The van der Waals surface area contributed by atoms with Gasteiger partial charge in [0.05, 0.1) is 6.20 Å². The summed E-state index contributed by atoms with van der Waals surface area (Å²) in [6.45, 7) is 6.22. The molecule has 0 aliphatic carbocycles. The second-order valence-electron chi connectivity index (χ2n) is 7.90. The largest absolute Gasteiger partial charge is 0.341 e. The topological polar surface area (TPSA) is 80.1 Å². The number of carbonyl (C=O) groups excluding carboxylic acids is 2. The molecule has 1 aliphatic heterocycles. The zero-order valence-corrected chi connectivity index (χ0v) is 16.6. The summed E-state index contributed by atoms with van der Waals surface area (Å²) in [4.78, 5) is 27.5. The maximum atomic E-state index is 13.2. The van der Waals surface area contributed by atoms with Crippen molar-refractivity contribution in [1.29, 1.82) is 0 Å². The first-order valence-electron chi connectivity index (χ1n) is 10.00. The molecule has 0 spiro atoms. The van der Waals surface area contributed by atoms with Crippen molar-refractivity contribution < 1.29 is 9.59 Å². The molecule has 1 N–H and O–H groups in total. The van der Waals surface area contributed by atoms with Crippen LogP contribution in [0.1, 0.15) is 44.7 Å². The predicted molar refractivity (Wildman–Crippen MR) is 106 cm³/mol. The van der Waals surface area contributed by atoms with Crippen molar-refractivity contribution in [2.75, 3.05) is 13.1 Å². The van der Waals surface area contributed by atoms with Crippen LogP contribution in [0.25, 0.3) is 0 Å². The number of rotatable bonds is 7. The fourth-order valence-corrected chi connectivity index (χ4v) is 3.64. The van der Waals surface area contributed by atoms with Crippen LogP contribution in [-0.4, -0.2) is 44.8 Å². The van der Waals surface area contributed by atoms with Crippen LogP contribution in [0.5, 0.6) is 0 Å². The Kier molecular flexibility index (Phi) is 6.79. The molecule has 7 nitrogen and oxygen atoms in total. The third-order valence-corrected chi connectivity index (χ3v) is 5.12. The Labute approximate surface area is 166 Å². The lowest BCUT2D eigenvalue weighted by Crippen LogP contribution is -2.46. The van der Waals surface area contributed by atoms with Gasteiger partial charge in [-0.15, -0.1) is 5.10 Å². The molecule has 1 aliphatic rings. The van der Waals surface area contributed by atoms with Crippen molar-refractivity contribution in [2.24, 2.45) is 11.8 Å². The molecular weight excluding hydrogens is 354 g/mol. The molecule has 2 amide bonds. The van der Waals surface area contributed by atoms with E-state index in [-0.39, 0.29) is 17.7 Å². The van der Waals surface area contributed by atoms with E-state index in [1.54, 1.807) is 6.20 Å². The Hall–Kier alpha value is -2.70. The summed E-state index contributed by atoms with van der Waals surface area (Å²) in [5.74, 6) is 0.622. The molecule has 1 unspecified atom stereocenters. The van der Waals surface area contributed by atoms with E-state index in [9.17, 15) is 9.59 Å². The highest BCUT2D eigenvalue weighted by atomic mass is 16.2. The van der Waals surface area contributed by atoms with Crippen LogP contribution in [-0.2, 0) is 16.1 Å². The lowest BCUT2D eigenvalue weighted by Gasteiger charge is -2.34. The summed E-state index contributed by atoms with van der Waals surface area (Å²) in [5, 5.41) is 10.8. The highest BCUT2D eigenvalue weighted by Gasteiger charge is 2.30. The van der Waals surface area contributed by atoms with Crippen molar-refractivity contribution in [2.45, 2.75) is 45.7 Å². The average Bonchev–Trinajstić information content (AvgIpc) is 3.19. The fourth-order valence-electron chi connectivity index (χ4n) is 3.64. The minimum atomic E-state index is -0.626. The number of hydrogen-bond donors (Lipinski definition) is 1. The first-order chi connectivity index (χ1) is 13.5. The summed E-state index contributed by atoms with van der Waals surface area (Å²) >= 11 is 0. The molecular formula is C21H29N5O2. The molecule has 2 heterocycles. The summed E-state index contributed by atoms with van der Waals surface area (Å²) < 4.78 is 1.85. The van der Waals surface area contributed by atoms with Gasteiger partial charge in [-0.2, -0.15) is 0 Å². The number of carbonyl (C=O) groups is 2. The van der Waals surface area contributed by atoms with Gasteiger partial charge < -0.3 is 10.2 Å². The molecule has 7 heteroatoms. The van der Waals surface area contributed by atoms with Gasteiger partial charge in [0.15, 0.2) is 0 Å². The van der Waals surface area contributed by atoms with Gasteiger partial charge in [-0.05, 0) is 30.2 Å². The highest BCUT2D eigenvalue weighted by Crippen LogP contribution is 2.23. The SMILES string of the molecule is CC(C)CC(=O)NC(C(=O)N1CCC(Cn2ccnn2)CC1)c1ccccc1. The number of likely N-dealkylation sites (tertiary alicyclic amines) is 1. The van der Waals surface area contributed by atoms with Crippen molar-refractivity contribution in [3.63, 3.8) is 0 Å². The summed E-state index contributed by atoms with van der Waals surface area (Å²) in [6, 6.07) is 8.88. The van der Waals surface area contributed by atoms with Gasteiger partial charge in [-0.1, -0.05) is 49.4 Å². The second-order valence-corrected chi connectivity index (χ2v) is 7.90. The van der Waals surface area contributed by atoms with E-state index >= 15 is 0 Å². The Bertz CT molecular complexity index is 752. The molecule has 1 aromatic carbocycles. The number of nitrogens with zero attached hydrogens (tertiary/aromatic N) is 4. The highest BCUT2D eigenvalue weighted by molar-refractivity contribution is 5.88. The maximum Gasteiger partial charge on any atom is 0.249 e. The zero-order chi connectivity index (χ0) is 19.9. The zero-order valence-electron chi connectivity index (χ0n) is 16.6. The number of nitrogens with one attached hydrogen (secondary N) is 1. The Balaban J connectivity index is 1.63. The van der Waals surface area contributed by atoms with Crippen LogP contribution < -0.4 is 5.32 Å². The van der Waals surface area contributed by atoms with Crippen molar-refractivity contribution >= 4 is 11.8 Å². The van der Waals surface area contributed by atoms with E-state index in [0.29, 0.717) is 25.4 Å². The molecule has 1 atom stereocenters. The van der Waals surface area contributed by atoms with Crippen LogP contribution >= 0.6 is 0 Å². The van der Waals surface area contributed by atoms with Crippen molar-refractivity contribution in [1.82, 2.24) is 25.2 Å². The van der Waals surface area contributed by atoms with E-state index in [2.05, 4.69) is 15.6 Å². The molecule has 3 rings (SSSR count). The smallest absolute Gasteiger partial charge is 0.249 e. The molecule has 0 saturated carbocycles. The van der Waals surface area contributed by atoms with Gasteiger partial charge >= 0.3 is 0 Å². The number of amides is 2. The molecule has 0 bridgehead atoms. The van der Waals surface area contributed by atoms with Crippen LogP contribution in [0.15, 0.2) is 42.7 Å². The number of piperidine rings is 1. The minimum absolute atomic E-state index is 0.0255. The predicted octanol–water partition coefficient (Wildman–Crippen LogP) is 2.42. The second kappa shape index (κ2) is 9.48. The van der Waals surface area contributed by atoms with E-state index < -0.39 is 6.04 Å². The first-order valence-corrected chi connectivity index (χ1v) is 10.00. The quantitative estimate of drug-likeness (QED) is 0.796. The lowest BCUT2D eigenvalue weighted by molar-refractivity contribution is -0.138. The lowest BCUT2D eigenvalue weighted by atomic mass is 9.95. The van der Waals surface area contributed by atoms with Crippen LogP contribution in [0.4, 0.5) is 0 Å².